The normalized spacial score (nSPS) is 12.2. The van der Waals surface area contributed by atoms with Crippen molar-refractivity contribution in [3.63, 3.8) is 0 Å². The number of aliphatic hydroxyl groups excluding tert-OH is 1. The van der Waals surface area contributed by atoms with E-state index in [9.17, 15) is 9.90 Å². The summed E-state index contributed by atoms with van der Waals surface area (Å²) >= 11 is 0. The molecule has 0 atom stereocenters. The average molecular weight is 767 g/mol. The summed E-state index contributed by atoms with van der Waals surface area (Å²) in [5.74, 6) is 0.0137. The second-order valence-corrected chi connectivity index (χ2v) is 13.5. The molecule has 5 aromatic rings. The third kappa shape index (κ3) is 7.91. The Bertz CT molecular complexity index is 1850. The van der Waals surface area contributed by atoms with Crippen molar-refractivity contribution in [2.75, 3.05) is 0 Å². The molecular weight excluding hydrogens is 723 g/mol. The fourth-order valence-corrected chi connectivity index (χ4v) is 4.99. The van der Waals surface area contributed by atoms with Gasteiger partial charge >= 0.3 is 0 Å². The second kappa shape index (κ2) is 13.6. The van der Waals surface area contributed by atoms with Crippen LogP contribution in [-0.4, -0.2) is 25.3 Å². The number of aromatic nitrogens is 3. The van der Waals surface area contributed by atoms with Crippen LogP contribution in [0, 0.1) is 19.9 Å². The standard InChI is InChI=1S/C24H28N3.C14H16O2.Ir/c1-14-11-18-19(12-15(14)2)27-21(24(6,7)8)13-17-16(22(27)26-18)9-10-20(25-17)23(3,4)5;1-3-12-4-6-13(7-5-12)8-9-14(16)10-11(2)15;/h10-13H,1-8H3;3-7,10,16H,1,8-9H2,2H3;/q-1;;. The Kier molecular flexibility index (Phi) is 10.8. The molecule has 2 aromatic carbocycles. The minimum atomic E-state index is -0.125. The molecule has 0 spiro atoms. The van der Waals surface area contributed by atoms with E-state index in [0.717, 1.165) is 50.8 Å². The molecule has 5 nitrogen and oxygen atoms in total. The monoisotopic (exact) mass is 767 g/mol. The van der Waals surface area contributed by atoms with Crippen LogP contribution in [0.3, 0.4) is 0 Å². The van der Waals surface area contributed by atoms with Gasteiger partial charge in [0.1, 0.15) is 0 Å². The molecular formula is C38H44IrN3O2-. The number of hydrogen-bond acceptors (Lipinski definition) is 4. The van der Waals surface area contributed by atoms with Crippen molar-refractivity contribution in [3.8, 4) is 0 Å². The van der Waals surface area contributed by atoms with Gasteiger partial charge in [-0.05, 0) is 78.2 Å². The van der Waals surface area contributed by atoms with Gasteiger partial charge in [-0.15, -0.1) is 12.1 Å². The molecule has 233 valence electrons. The number of ketones is 1. The number of imidazole rings is 1. The third-order valence-electron chi connectivity index (χ3n) is 7.65. The summed E-state index contributed by atoms with van der Waals surface area (Å²) in [5.41, 5.74) is 11.1. The number of carbonyl (C=O) groups is 1. The molecule has 0 aliphatic carbocycles. The number of aliphatic hydroxyl groups is 1. The maximum Gasteiger partial charge on any atom is 0.155 e. The van der Waals surface area contributed by atoms with Gasteiger partial charge in [-0.1, -0.05) is 89.9 Å². The summed E-state index contributed by atoms with van der Waals surface area (Å²) in [5, 5.41) is 10.4. The molecule has 0 bridgehead atoms. The SMILES string of the molecule is C=Cc1ccc(CCC(O)=CC(C)=O)cc1.Cc1cc2nc3c4[c-]cc(C(C)(C)C)nc4cc(C(C)(C)C)n3c2cc1C.[Ir]. The van der Waals surface area contributed by atoms with Crippen molar-refractivity contribution < 1.29 is 30.0 Å². The van der Waals surface area contributed by atoms with Gasteiger partial charge in [0, 0.05) is 43.7 Å². The van der Waals surface area contributed by atoms with E-state index in [1.807, 2.05) is 30.3 Å². The zero-order chi connectivity index (χ0) is 31.7. The molecule has 0 aliphatic rings. The molecule has 6 heteroatoms. The van der Waals surface area contributed by atoms with E-state index in [2.05, 4.69) is 90.6 Å². The summed E-state index contributed by atoms with van der Waals surface area (Å²) in [6, 6.07) is 20.1. The van der Waals surface area contributed by atoms with Crippen molar-refractivity contribution in [3.05, 3.63) is 107 Å². The fourth-order valence-electron chi connectivity index (χ4n) is 4.99. The van der Waals surface area contributed by atoms with E-state index in [1.165, 1.54) is 29.8 Å². The van der Waals surface area contributed by atoms with Crippen LogP contribution in [0.5, 0.6) is 0 Å². The van der Waals surface area contributed by atoms with E-state index < -0.39 is 0 Å². The van der Waals surface area contributed by atoms with Crippen molar-refractivity contribution in [1.29, 1.82) is 0 Å². The largest absolute Gasteiger partial charge is 0.512 e. The van der Waals surface area contributed by atoms with Crippen LogP contribution in [0.2, 0.25) is 0 Å². The molecule has 0 saturated heterocycles. The summed E-state index contributed by atoms with van der Waals surface area (Å²) < 4.78 is 2.30. The van der Waals surface area contributed by atoms with Gasteiger partial charge in [-0.2, -0.15) is 0 Å². The Morgan fingerprint density at radius 1 is 0.955 bits per heavy atom. The number of aryl methyl sites for hydroxylation is 3. The number of pyridine rings is 2. The van der Waals surface area contributed by atoms with Crippen LogP contribution in [0.25, 0.3) is 33.7 Å². The molecule has 0 amide bonds. The smallest absolute Gasteiger partial charge is 0.155 e. The summed E-state index contributed by atoms with van der Waals surface area (Å²) in [6.45, 7) is 22.7. The van der Waals surface area contributed by atoms with Crippen LogP contribution >= 0.6 is 0 Å². The zero-order valence-corrected chi connectivity index (χ0v) is 29.8. The maximum atomic E-state index is 10.7. The number of benzene rings is 2. The number of hydrogen-bond donors (Lipinski definition) is 1. The molecule has 3 heterocycles. The van der Waals surface area contributed by atoms with Crippen LogP contribution in [-0.2, 0) is 42.2 Å². The minimum Gasteiger partial charge on any atom is -0.512 e. The third-order valence-corrected chi connectivity index (χ3v) is 7.65. The van der Waals surface area contributed by atoms with Crippen LogP contribution in [0.1, 0.15) is 88.5 Å². The van der Waals surface area contributed by atoms with Gasteiger partial charge < -0.3 is 14.5 Å². The van der Waals surface area contributed by atoms with Crippen molar-refractivity contribution in [2.24, 2.45) is 0 Å². The van der Waals surface area contributed by atoms with Crippen LogP contribution in [0.4, 0.5) is 0 Å². The number of carbonyl (C=O) groups excluding carboxylic acids is 1. The first-order chi connectivity index (χ1) is 20.1. The Balaban J connectivity index is 0.000000269. The Morgan fingerprint density at radius 3 is 2.16 bits per heavy atom. The van der Waals surface area contributed by atoms with E-state index in [4.69, 9.17) is 9.97 Å². The first-order valence-corrected chi connectivity index (χ1v) is 14.9. The predicted molar refractivity (Wildman–Crippen MR) is 180 cm³/mol. The number of allylic oxidation sites excluding steroid dienone is 2. The molecule has 0 saturated carbocycles. The Labute approximate surface area is 275 Å². The van der Waals surface area contributed by atoms with Crippen molar-refractivity contribution in [1.82, 2.24) is 14.4 Å². The molecule has 3 aromatic heterocycles. The topological polar surface area (TPSA) is 67.5 Å². The molecule has 1 radical (unpaired) electrons. The van der Waals surface area contributed by atoms with E-state index >= 15 is 0 Å². The summed E-state index contributed by atoms with van der Waals surface area (Å²) in [7, 11) is 0. The quantitative estimate of drug-likeness (QED) is 0.110. The molecule has 0 aliphatic heterocycles. The predicted octanol–water partition coefficient (Wildman–Crippen LogP) is 9.34. The van der Waals surface area contributed by atoms with E-state index in [0.29, 0.717) is 6.42 Å². The zero-order valence-electron chi connectivity index (χ0n) is 27.4. The van der Waals surface area contributed by atoms with Gasteiger partial charge in [0.15, 0.2) is 5.78 Å². The van der Waals surface area contributed by atoms with Crippen LogP contribution in [0.15, 0.2) is 66.9 Å². The van der Waals surface area contributed by atoms with E-state index in [1.54, 1.807) is 6.08 Å². The Morgan fingerprint density at radius 2 is 1.59 bits per heavy atom. The molecule has 1 N–H and O–H groups in total. The van der Waals surface area contributed by atoms with Gasteiger partial charge in [-0.3, -0.25) is 9.78 Å². The van der Waals surface area contributed by atoms with E-state index in [-0.39, 0.29) is 42.5 Å². The van der Waals surface area contributed by atoms with Crippen molar-refractivity contribution in [2.45, 2.75) is 86.0 Å². The molecule has 44 heavy (non-hydrogen) atoms. The Hall–Kier alpha value is -3.60. The van der Waals surface area contributed by atoms with Crippen molar-refractivity contribution >= 4 is 39.4 Å². The van der Waals surface area contributed by atoms with Gasteiger partial charge in [0.25, 0.3) is 0 Å². The second-order valence-electron chi connectivity index (χ2n) is 13.5. The first kappa shape index (κ1) is 34.9. The van der Waals surface area contributed by atoms with Crippen LogP contribution < -0.4 is 0 Å². The van der Waals surface area contributed by atoms with Gasteiger partial charge in [-0.25, -0.2) is 0 Å². The molecule has 5 rings (SSSR count). The number of nitrogens with zero attached hydrogens (tertiary/aromatic N) is 3. The number of rotatable bonds is 5. The molecule has 0 fully saturated rings. The summed E-state index contributed by atoms with van der Waals surface area (Å²) in [6.07, 6.45) is 4.27. The van der Waals surface area contributed by atoms with Gasteiger partial charge in [0.05, 0.1) is 22.4 Å². The number of fused-ring (bicyclic) bond motifs is 5. The molecule has 0 unspecified atom stereocenters. The average Bonchev–Trinajstić information content (AvgIpc) is 3.28. The summed E-state index contributed by atoms with van der Waals surface area (Å²) in [4.78, 5) is 20.7. The minimum absolute atomic E-state index is 0. The van der Waals surface area contributed by atoms with Gasteiger partial charge in [0.2, 0.25) is 0 Å². The maximum absolute atomic E-state index is 10.7. The fraction of sp³-hybridized carbons (Fsp3) is 0.342. The first-order valence-electron chi connectivity index (χ1n) is 14.9.